The lowest BCUT2D eigenvalue weighted by molar-refractivity contribution is 0.661. The Hall–Kier alpha value is -6.38. The van der Waals surface area contributed by atoms with Gasteiger partial charge in [-0.05, 0) is 111 Å². The molecule has 0 aliphatic heterocycles. The van der Waals surface area contributed by atoms with E-state index < -0.39 is 0 Å². The molecule has 0 saturated carbocycles. The van der Waals surface area contributed by atoms with Crippen LogP contribution in [0.4, 0.5) is 17.1 Å². The van der Waals surface area contributed by atoms with Gasteiger partial charge in [0.15, 0.2) is 0 Å². The Labute approximate surface area is 298 Å². The molecule has 0 atom stereocenters. The maximum atomic E-state index is 2.46. The molecule has 0 N–H and O–H groups in total. The van der Waals surface area contributed by atoms with Crippen LogP contribution in [0.5, 0.6) is 0 Å². The van der Waals surface area contributed by atoms with E-state index in [4.69, 9.17) is 0 Å². The number of aromatic nitrogens is 1. The summed E-state index contributed by atoms with van der Waals surface area (Å²) in [5.41, 5.74) is 14.7. The largest absolute Gasteiger partial charge is 0.310 e. The Kier molecular flexibility index (Phi) is 6.56. The molecule has 0 spiro atoms. The van der Waals surface area contributed by atoms with E-state index in [1.807, 2.05) is 0 Å². The van der Waals surface area contributed by atoms with Crippen LogP contribution in [-0.4, -0.2) is 4.57 Å². The fourth-order valence-corrected chi connectivity index (χ4v) is 8.43. The van der Waals surface area contributed by atoms with Gasteiger partial charge in [-0.2, -0.15) is 0 Å². The number of rotatable bonds is 5. The molecule has 0 bridgehead atoms. The predicted molar refractivity (Wildman–Crippen MR) is 216 cm³/mol. The zero-order valence-corrected chi connectivity index (χ0v) is 28.7. The van der Waals surface area contributed by atoms with Gasteiger partial charge in [0.05, 0.1) is 11.0 Å². The second-order valence-corrected chi connectivity index (χ2v) is 14.2. The van der Waals surface area contributed by atoms with Crippen LogP contribution in [0.25, 0.3) is 60.5 Å². The number of benzene rings is 8. The maximum Gasteiger partial charge on any atom is 0.0544 e. The lowest BCUT2D eigenvalue weighted by Gasteiger charge is -2.27. The second kappa shape index (κ2) is 11.3. The Balaban J connectivity index is 1.15. The first-order valence-corrected chi connectivity index (χ1v) is 17.8. The lowest BCUT2D eigenvalue weighted by atomic mass is 9.82. The van der Waals surface area contributed by atoms with Crippen LogP contribution in [-0.2, 0) is 5.41 Å². The highest BCUT2D eigenvalue weighted by atomic mass is 15.1. The van der Waals surface area contributed by atoms with Gasteiger partial charge in [0.1, 0.15) is 0 Å². The molecule has 0 radical (unpaired) electrons. The number of para-hydroxylation sites is 2. The number of anilines is 3. The van der Waals surface area contributed by atoms with Gasteiger partial charge in [0, 0.05) is 38.9 Å². The molecule has 1 heterocycles. The third kappa shape index (κ3) is 4.64. The van der Waals surface area contributed by atoms with Crippen LogP contribution in [0.15, 0.2) is 182 Å². The van der Waals surface area contributed by atoms with Crippen molar-refractivity contribution in [3.05, 3.63) is 193 Å². The molecule has 10 rings (SSSR count). The minimum atomic E-state index is -0.0799. The van der Waals surface area contributed by atoms with E-state index in [-0.39, 0.29) is 5.41 Å². The monoisotopic (exact) mass is 652 g/mol. The quantitative estimate of drug-likeness (QED) is 0.180. The van der Waals surface area contributed by atoms with E-state index in [9.17, 15) is 0 Å². The fraction of sp³-hybridized carbons (Fsp3) is 0.0612. The van der Waals surface area contributed by atoms with Crippen LogP contribution < -0.4 is 4.90 Å². The van der Waals surface area contributed by atoms with Crippen molar-refractivity contribution in [2.45, 2.75) is 19.3 Å². The molecule has 0 unspecified atom stereocenters. The van der Waals surface area contributed by atoms with Crippen molar-refractivity contribution in [3.63, 3.8) is 0 Å². The number of hydrogen-bond acceptors (Lipinski definition) is 1. The standard InChI is InChI=1S/C49H36N2/c1-49(2)45-24-10-8-22-41(45)43-31-44-42-23-9-11-25-47(42)51(48(44)32-46(43)49)40-21-13-20-39(30-40)50(37-17-4-3-5-18-37)38-19-12-16-35(29-38)36-27-26-33-14-6-7-15-34(33)28-36/h3-32H,1-2H3. The molecule has 1 aliphatic rings. The lowest BCUT2D eigenvalue weighted by Crippen LogP contribution is -2.15. The zero-order chi connectivity index (χ0) is 34.1. The summed E-state index contributed by atoms with van der Waals surface area (Å²) in [6, 6.07) is 66.6. The summed E-state index contributed by atoms with van der Waals surface area (Å²) in [5.74, 6) is 0. The molecular formula is C49H36N2. The molecule has 0 saturated heterocycles. The summed E-state index contributed by atoms with van der Waals surface area (Å²) in [4.78, 5) is 2.37. The molecule has 51 heavy (non-hydrogen) atoms. The molecule has 8 aromatic carbocycles. The van der Waals surface area contributed by atoms with Gasteiger partial charge < -0.3 is 9.47 Å². The summed E-state index contributed by atoms with van der Waals surface area (Å²) in [6.07, 6.45) is 0. The van der Waals surface area contributed by atoms with Crippen LogP contribution in [0.1, 0.15) is 25.0 Å². The zero-order valence-electron chi connectivity index (χ0n) is 28.7. The van der Waals surface area contributed by atoms with Crippen molar-refractivity contribution < 1.29 is 0 Å². The Bertz CT molecular complexity index is 2790. The second-order valence-electron chi connectivity index (χ2n) is 14.2. The van der Waals surface area contributed by atoms with Gasteiger partial charge in [0.2, 0.25) is 0 Å². The molecule has 1 aliphatic carbocycles. The van der Waals surface area contributed by atoms with Crippen LogP contribution in [0, 0.1) is 0 Å². The Morgan fingerprint density at radius 3 is 1.98 bits per heavy atom. The van der Waals surface area contributed by atoms with Crippen molar-refractivity contribution in [2.24, 2.45) is 0 Å². The molecule has 0 fully saturated rings. The number of nitrogens with zero attached hydrogens (tertiary/aromatic N) is 2. The first-order valence-electron chi connectivity index (χ1n) is 17.8. The van der Waals surface area contributed by atoms with E-state index in [2.05, 4.69) is 205 Å². The summed E-state index contributed by atoms with van der Waals surface area (Å²) < 4.78 is 2.46. The van der Waals surface area contributed by atoms with Crippen molar-refractivity contribution in [1.29, 1.82) is 0 Å². The minimum Gasteiger partial charge on any atom is -0.310 e. The molecule has 2 nitrogen and oxygen atoms in total. The van der Waals surface area contributed by atoms with Crippen LogP contribution in [0.3, 0.4) is 0 Å². The summed E-state index contributed by atoms with van der Waals surface area (Å²) in [6.45, 7) is 4.72. The topological polar surface area (TPSA) is 8.17 Å². The first-order chi connectivity index (χ1) is 25.0. The van der Waals surface area contributed by atoms with Gasteiger partial charge in [0.25, 0.3) is 0 Å². The third-order valence-corrected chi connectivity index (χ3v) is 10.9. The van der Waals surface area contributed by atoms with E-state index in [0.717, 1.165) is 22.7 Å². The smallest absolute Gasteiger partial charge is 0.0544 e. The van der Waals surface area contributed by atoms with Gasteiger partial charge in [-0.25, -0.2) is 0 Å². The van der Waals surface area contributed by atoms with Gasteiger partial charge in [-0.15, -0.1) is 0 Å². The SMILES string of the molecule is CC1(C)c2ccccc2-c2cc3c4ccccc4n(-c4cccc(N(c5ccccc5)c5cccc(-c6ccc7ccccc7c6)c5)c4)c3cc21. The number of fused-ring (bicyclic) bond motifs is 7. The summed E-state index contributed by atoms with van der Waals surface area (Å²) in [7, 11) is 0. The van der Waals surface area contributed by atoms with Crippen molar-refractivity contribution >= 4 is 49.6 Å². The Morgan fingerprint density at radius 1 is 0.412 bits per heavy atom. The fourth-order valence-electron chi connectivity index (χ4n) is 8.43. The average Bonchev–Trinajstić information content (AvgIpc) is 3.62. The molecule has 2 heteroatoms. The van der Waals surface area contributed by atoms with E-state index in [1.165, 1.54) is 66.0 Å². The van der Waals surface area contributed by atoms with Gasteiger partial charge >= 0.3 is 0 Å². The summed E-state index contributed by atoms with van der Waals surface area (Å²) >= 11 is 0. The van der Waals surface area contributed by atoms with Crippen molar-refractivity contribution in [1.82, 2.24) is 4.57 Å². The third-order valence-electron chi connectivity index (χ3n) is 10.9. The van der Waals surface area contributed by atoms with E-state index >= 15 is 0 Å². The predicted octanol–water partition coefficient (Wildman–Crippen LogP) is 13.4. The molecule has 242 valence electrons. The van der Waals surface area contributed by atoms with Crippen molar-refractivity contribution in [3.8, 4) is 27.9 Å². The first kappa shape index (κ1) is 29.5. The van der Waals surface area contributed by atoms with E-state index in [1.54, 1.807) is 0 Å². The Morgan fingerprint density at radius 2 is 1.10 bits per heavy atom. The average molecular weight is 653 g/mol. The van der Waals surface area contributed by atoms with Crippen molar-refractivity contribution in [2.75, 3.05) is 4.90 Å². The molecule has 9 aromatic rings. The van der Waals surface area contributed by atoms with Crippen LogP contribution in [0.2, 0.25) is 0 Å². The summed E-state index contributed by atoms with van der Waals surface area (Å²) in [5, 5.41) is 5.05. The molecule has 1 aromatic heterocycles. The highest BCUT2D eigenvalue weighted by Gasteiger charge is 2.36. The molecule has 0 amide bonds. The maximum absolute atomic E-state index is 2.46. The minimum absolute atomic E-state index is 0.0799. The van der Waals surface area contributed by atoms with Gasteiger partial charge in [-0.1, -0.05) is 129 Å². The highest BCUT2D eigenvalue weighted by Crippen LogP contribution is 2.51. The van der Waals surface area contributed by atoms with E-state index in [0.29, 0.717) is 0 Å². The molecular weight excluding hydrogens is 617 g/mol. The number of hydrogen-bond donors (Lipinski definition) is 0. The highest BCUT2D eigenvalue weighted by molar-refractivity contribution is 6.11. The normalized spacial score (nSPS) is 13.1. The van der Waals surface area contributed by atoms with Crippen LogP contribution >= 0.6 is 0 Å². The van der Waals surface area contributed by atoms with Gasteiger partial charge in [-0.3, -0.25) is 0 Å².